The molecule has 17 heavy (non-hydrogen) atoms. The van der Waals surface area contributed by atoms with E-state index in [2.05, 4.69) is 9.97 Å². The second-order valence-electron chi connectivity index (χ2n) is 4.14. The Balaban J connectivity index is 2.12. The Bertz CT molecular complexity index is 677. The number of aromatic nitrogens is 3. The van der Waals surface area contributed by atoms with E-state index in [9.17, 15) is 8.42 Å². The van der Waals surface area contributed by atoms with Gasteiger partial charge in [0.2, 0.25) is 15.8 Å². The minimum atomic E-state index is -3.14. The summed E-state index contributed by atoms with van der Waals surface area (Å²) in [5, 5.41) is 0. The number of hydrogen-bond acceptors (Lipinski definition) is 4. The lowest BCUT2D eigenvalue weighted by Gasteiger charge is -2.23. The van der Waals surface area contributed by atoms with E-state index in [-0.39, 0.29) is 0 Å². The molecule has 0 unspecified atom stereocenters. The number of nitrogens with zero attached hydrogens (tertiary/aromatic N) is 4. The predicted octanol–water partition coefficient (Wildman–Crippen LogP) is 0.0470. The summed E-state index contributed by atoms with van der Waals surface area (Å²) >= 11 is 0. The molecule has 1 aliphatic heterocycles. The van der Waals surface area contributed by atoms with Crippen molar-refractivity contribution in [2.45, 2.75) is 13.0 Å². The van der Waals surface area contributed by atoms with Gasteiger partial charge in [-0.25, -0.2) is 18.4 Å². The molecule has 3 rings (SSSR count). The summed E-state index contributed by atoms with van der Waals surface area (Å²) in [6.07, 6.45) is 5.42. The molecule has 0 amide bonds. The molecule has 0 fully saturated rings. The Hall–Kier alpha value is -1.47. The van der Waals surface area contributed by atoms with Crippen molar-refractivity contribution in [3.63, 3.8) is 0 Å². The molecule has 0 spiro atoms. The summed E-state index contributed by atoms with van der Waals surface area (Å²) in [5.74, 6) is 0.632. The minimum absolute atomic E-state index is 0.376. The van der Waals surface area contributed by atoms with Crippen molar-refractivity contribution in [3.05, 3.63) is 29.8 Å². The van der Waals surface area contributed by atoms with Crippen LogP contribution >= 0.6 is 0 Å². The molecule has 2 aromatic rings. The molecule has 0 saturated carbocycles. The topological polar surface area (TPSA) is 67.6 Å². The van der Waals surface area contributed by atoms with Crippen LogP contribution in [0.5, 0.6) is 0 Å². The van der Waals surface area contributed by atoms with E-state index in [0.29, 0.717) is 25.3 Å². The standard InChI is InChI=1S/C10H12N4O2S/c1-17(15,16)13-6-3-8-9(7-13)14-5-2-4-11-10(14)12-8/h2,4-5H,3,6-7H2,1H3. The largest absolute Gasteiger partial charge is 0.287 e. The summed E-state index contributed by atoms with van der Waals surface area (Å²) in [4.78, 5) is 8.56. The van der Waals surface area contributed by atoms with Crippen molar-refractivity contribution in [2.24, 2.45) is 0 Å². The van der Waals surface area contributed by atoms with Gasteiger partial charge >= 0.3 is 0 Å². The highest BCUT2D eigenvalue weighted by molar-refractivity contribution is 7.88. The van der Waals surface area contributed by atoms with E-state index in [4.69, 9.17) is 0 Å². The fourth-order valence-corrected chi connectivity index (χ4v) is 2.89. The summed E-state index contributed by atoms with van der Waals surface area (Å²) in [5.41, 5.74) is 1.87. The molecular formula is C10H12N4O2S. The highest BCUT2D eigenvalue weighted by Gasteiger charge is 2.26. The molecule has 90 valence electrons. The predicted molar refractivity (Wildman–Crippen MR) is 61.9 cm³/mol. The molecule has 0 radical (unpaired) electrons. The van der Waals surface area contributed by atoms with Gasteiger partial charge in [0.05, 0.1) is 24.2 Å². The van der Waals surface area contributed by atoms with E-state index < -0.39 is 10.0 Å². The average Bonchev–Trinajstić information content (AvgIpc) is 2.65. The molecule has 0 saturated heterocycles. The first-order valence-corrected chi connectivity index (χ1v) is 7.16. The molecule has 0 atom stereocenters. The number of hydrogen-bond donors (Lipinski definition) is 0. The Morgan fingerprint density at radius 3 is 3.00 bits per heavy atom. The maximum Gasteiger partial charge on any atom is 0.234 e. The molecule has 1 aliphatic rings. The quantitative estimate of drug-likeness (QED) is 0.719. The van der Waals surface area contributed by atoms with Crippen molar-refractivity contribution in [3.8, 4) is 0 Å². The van der Waals surface area contributed by atoms with Crippen LogP contribution < -0.4 is 0 Å². The molecule has 6 nitrogen and oxygen atoms in total. The lowest BCUT2D eigenvalue weighted by molar-refractivity contribution is 0.387. The Morgan fingerprint density at radius 2 is 2.24 bits per heavy atom. The van der Waals surface area contributed by atoms with Gasteiger partial charge in [0.1, 0.15) is 0 Å². The third-order valence-corrected chi connectivity index (χ3v) is 4.23. The van der Waals surface area contributed by atoms with Crippen LogP contribution in [-0.2, 0) is 23.0 Å². The van der Waals surface area contributed by atoms with E-state index in [0.717, 1.165) is 11.4 Å². The number of rotatable bonds is 1. The monoisotopic (exact) mass is 252 g/mol. The van der Waals surface area contributed by atoms with Gasteiger partial charge in [-0.2, -0.15) is 4.31 Å². The summed E-state index contributed by atoms with van der Waals surface area (Å²) in [7, 11) is -3.14. The molecule has 2 aromatic heterocycles. The van der Waals surface area contributed by atoms with Crippen molar-refractivity contribution >= 4 is 15.8 Å². The average molecular weight is 252 g/mol. The lowest BCUT2D eigenvalue weighted by Crippen LogP contribution is -2.35. The highest BCUT2D eigenvalue weighted by atomic mass is 32.2. The highest BCUT2D eigenvalue weighted by Crippen LogP contribution is 2.20. The first kappa shape index (κ1) is 10.7. The van der Waals surface area contributed by atoms with Crippen molar-refractivity contribution in [2.75, 3.05) is 12.8 Å². The fraction of sp³-hybridized carbons (Fsp3) is 0.400. The van der Waals surface area contributed by atoms with Crippen LogP contribution in [0.2, 0.25) is 0 Å². The first-order valence-electron chi connectivity index (χ1n) is 5.31. The van der Waals surface area contributed by atoms with Gasteiger partial charge < -0.3 is 0 Å². The first-order chi connectivity index (χ1) is 8.05. The van der Waals surface area contributed by atoms with Crippen LogP contribution in [-0.4, -0.2) is 39.9 Å². The van der Waals surface area contributed by atoms with Gasteiger partial charge in [-0.1, -0.05) is 0 Å². The van der Waals surface area contributed by atoms with Crippen LogP contribution in [0.1, 0.15) is 11.4 Å². The molecule has 0 bridgehead atoms. The van der Waals surface area contributed by atoms with Gasteiger partial charge in [0.25, 0.3) is 0 Å². The van der Waals surface area contributed by atoms with Gasteiger partial charge in [0, 0.05) is 25.4 Å². The zero-order valence-electron chi connectivity index (χ0n) is 9.37. The number of imidazole rings is 1. The van der Waals surface area contributed by atoms with Gasteiger partial charge in [-0.3, -0.25) is 4.40 Å². The molecule has 0 N–H and O–H groups in total. The zero-order valence-corrected chi connectivity index (χ0v) is 10.2. The van der Waals surface area contributed by atoms with Gasteiger partial charge in [-0.05, 0) is 6.07 Å². The van der Waals surface area contributed by atoms with Crippen molar-refractivity contribution in [1.82, 2.24) is 18.7 Å². The zero-order chi connectivity index (χ0) is 12.0. The maximum absolute atomic E-state index is 11.5. The van der Waals surface area contributed by atoms with E-state index >= 15 is 0 Å². The number of fused-ring (bicyclic) bond motifs is 3. The van der Waals surface area contributed by atoms with Gasteiger partial charge in [0.15, 0.2) is 0 Å². The van der Waals surface area contributed by atoms with E-state index in [1.165, 1.54) is 10.6 Å². The van der Waals surface area contributed by atoms with Crippen LogP contribution in [0.4, 0.5) is 0 Å². The van der Waals surface area contributed by atoms with Crippen LogP contribution in [0.3, 0.4) is 0 Å². The second-order valence-corrected chi connectivity index (χ2v) is 6.12. The molecular weight excluding hydrogens is 240 g/mol. The third-order valence-electron chi connectivity index (χ3n) is 2.98. The Labute approximate surface area is 99.0 Å². The van der Waals surface area contributed by atoms with Crippen LogP contribution in [0.25, 0.3) is 5.78 Å². The fourth-order valence-electron chi connectivity index (χ4n) is 2.11. The van der Waals surface area contributed by atoms with E-state index in [1.807, 2.05) is 16.7 Å². The lowest BCUT2D eigenvalue weighted by atomic mass is 10.2. The summed E-state index contributed by atoms with van der Waals surface area (Å²) < 4.78 is 26.4. The third kappa shape index (κ3) is 1.71. The normalized spacial score (nSPS) is 17.2. The summed E-state index contributed by atoms with van der Waals surface area (Å²) in [6, 6.07) is 1.81. The van der Waals surface area contributed by atoms with Crippen LogP contribution in [0.15, 0.2) is 18.5 Å². The van der Waals surface area contributed by atoms with Crippen molar-refractivity contribution in [1.29, 1.82) is 0 Å². The SMILES string of the molecule is CS(=O)(=O)N1CCc2nc3ncccn3c2C1. The Kier molecular flexibility index (Phi) is 2.20. The van der Waals surface area contributed by atoms with Crippen molar-refractivity contribution < 1.29 is 8.42 Å². The smallest absolute Gasteiger partial charge is 0.234 e. The second kappa shape index (κ2) is 3.51. The molecule has 0 aliphatic carbocycles. The molecule has 7 heteroatoms. The van der Waals surface area contributed by atoms with Gasteiger partial charge in [-0.15, -0.1) is 0 Å². The van der Waals surface area contributed by atoms with E-state index in [1.54, 1.807) is 6.20 Å². The molecule has 0 aromatic carbocycles. The van der Waals surface area contributed by atoms with Crippen LogP contribution in [0, 0.1) is 0 Å². The minimum Gasteiger partial charge on any atom is -0.287 e. The Morgan fingerprint density at radius 1 is 1.41 bits per heavy atom. The molecule has 3 heterocycles. The maximum atomic E-state index is 11.5. The summed E-state index contributed by atoms with van der Waals surface area (Å²) in [6.45, 7) is 0.872. The number of sulfonamides is 1.